The maximum absolute atomic E-state index is 13.0. The molecule has 0 aliphatic carbocycles. The van der Waals surface area contributed by atoms with Crippen molar-refractivity contribution in [1.82, 2.24) is 9.97 Å². The fraction of sp³-hybridized carbons (Fsp3) is 0.500. The topological polar surface area (TPSA) is 37.8 Å². The molecule has 0 amide bonds. The fourth-order valence-electron chi connectivity index (χ4n) is 0.896. The molecule has 1 aromatic heterocycles. The van der Waals surface area contributed by atoms with Gasteiger partial charge in [0.25, 0.3) is 0 Å². The fourth-order valence-corrected chi connectivity index (χ4v) is 1.43. The van der Waals surface area contributed by atoms with Crippen molar-refractivity contribution in [1.29, 1.82) is 0 Å². The molecule has 1 N–H and O–H groups in total. The van der Waals surface area contributed by atoms with E-state index in [2.05, 4.69) is 31.2 Å². The standard InChI is InChI=1S/C8H10BrClFN3/c9-3-1-2-4-12-7-6(11)5-13-8(10)14-7/h5H,1-4H2,(H,12,13,14). The van der Waals surface area contributed by atoms with Crippen LogP contribution in [0.15, 0.2) is 6.20 Å². The lowest BCUT2D eigenvalue weighted by molar-refractivity contribution is 0.616. The van der Waals surface area contributed by atoms with Crippen molar-refractivity contribution in [3.8, 4) is 0 Å². The van der Waals surface area contributed by atoms with Crippen LogP contribution < -0.4 is 5.32 Å². The summed E-state index contributed by atoms with van der Waals surface area (Å²) in [7, 11) is 0. The molecule has 1 aromatic rings. The maximum atomic E-state index is 13.0. The van der Waals surface area contributed by atoms with E-state index in [9.17, 15) is 4.39 Å². The molecule has 0 radical (unpaired) electrons. The maximum Gasteiger partial charge on any atom is 0.224 e. The van der Waals surface area contributed by atoms with E-state index in [1.54, 1.807) is 0 Å². The lowest BCUT2D eigenvalue weighted by atomic mass is 10.3. The van der Waals surface area contributed by atoms with E-state index in [4.69, 9.17) is 11.6 Å². The van der Waals surface area contributed by atoms with Gasteiger partial charge in [-0.3, -0.25) is 0 Å². The second-order valence-corrected chi connectivity index (χ2v) is 3.79. The first kappa shape index (κ1) is 11.7. The van der Waals surface area contributed by atoms with Crippen molar-refractivity contribution in [2.45, 2.75) is 12.8 Å². The molecule has 0 aliphatic rings. The summed E-state index contributed by atoms with van der Waals surface area (Å²) in [6, 6.07) is 0. The molecular weight excluding hydrogens is 272 g/mol. The minimum absolute atomic E-state index is 0.0504. The number of aromatic nitrogens is 2. The molecule has 0 unspecified atom stereocenters. The van der Waals surface area contributed by atoms with Gasteiger partial charge >= 0.3 is 0 Å². The third kappa shape index (κ3) is 3.75. The van der Waals surface area contributed by atoms with Crippen LogP contribution >= 0.6 is 27.5 Å². The minimum Gasteiger partial charge on any atom is -0.367 e. The van der Waals surface area contributed by atoms with E-state index in [1.807, 2.05) is 0 Å². The van der Waals surface area contributed by atoms with E-state index in [1.165, 1.54) is 0 Å². The number of halogens is 3. The minimum atomic E-state index is -0.478. The van der Waals surface area contributed by atoms with Crippen molar-refractivity contribution in [2.24, 2.45) is 0 Å². The Morgan fingerprint density at radius 2 is 2.29 bits per heavy atom. The summed E-state index contributed by atoms with van der Waals surface area (Å²) in [6.07, 6.45) is 3.04. The van der Waals surface area contributed by atoms with Gasteiger partial charge in [-0.25, -0.2) is 9.37 Å². The Balaban J connectivity index is 2.45. The Labute approximate surface area is 95.2 Å². The summed E-state index contributed by atoms with van der Waals surface area (Å²) in [4.78, 5) is 7.24. The third-order valence-electron chi connectivity index (χ3n) is 1.57. The number of alkyl halides is 1. The van der Waals surface area contributed by atoms with Crippen molar-refractivity contribution in [3.05, 3.63) is 17.3 Å². The predicted molar refractivity (Wildman–Crippen MR) is 58.5 cm³/mol. The normalized spacial score (nSPS) is 10.2. The molecular formula is C8H10BrClFN3. The van der Waals surface area contributed by atoms with E-state index in [0.717, 1.165) is 24.4 Å². The first-order chi connectivity index (χ1) is 6.74. The van der Waals surface area contributed by atoms with Gasteiger partial charge in [-0.1, -0.05) is 15.9 Å². The molecule has 0 aromatic carbocycles. The van der Waals surface area contributed by atoms with Crippen molar-refractivity contribution in [2.75, 3.05) is 17.2 Å². The molecule has 3 nitrogen and oxygen atoms in total. The van der Waals surface area contributed by atoms with E-state index in [-0.39, 0.29) is 11.1 Å². The van der Waals surface area contributed by atoms with Crippen LogP contribution in [0.1, 0.15) is 12.8 Å². The highest BCUT2D eigenvalue weighted by atomic mass is 79.9. The second-order valence-electron chi connectivity index (χ2n) is 2.66. The lowest BCUT2D eigenvalue weighted by Gasteiger charge is -2.05. The summed E-state index contributed by atoms with van der Waals surface area (Å²) in [5.41, 5.74) is 0. The van der Waals surface area contributed by atoms with E-state index < -0.39 is 5.82 Å². The van der Waals surface area contributed by atoms with Gasteiger partial charge in [0.15, 0.2) is 11.6 Å². The molecule has 1 heterocycles. The van der Waals surface area contributed by atoms with Crippen LogP contribution in [0.2, 0.25) is 5.28 Å². The second kappa shape index (κ2) is 6.14. The smallest absolute Gasteiger partial charge is 0.224 e. The third-order valence-corrected chi connectivity index (χ3v) is 2.31. The Morgan fingerprint density at radius 3 is 3.00 bits per heavy atom. The summed E-state index contributed by atoms with van der Waals surface area (Å²) >= 11 is 8.83. The first-order valence-corrected chi connectivity index (χ1v) is 5.72. The number of anilines is 1. The van der Waals surface area contributed by atoms with Gasteiger partial charge in [0, 0.05) is 11.9 Å². The number of hydrogen-bond donors (Lipinski definition) is 1. The SMILES string of the molecule is Fc1cnc(Cl)nc1NCCCCBr. The van der Waals surface area contributed by atoms with Gasteiger partial charge in [0.1, 0.15) is 0 Å². The summed E-state index contributed by atoms with van der Waals surface area (Å²) in [5, 5.41) is 3.85. The predicted octanol–water partition coefficient (Wildman–Crippen LogP) is 2.86. The molecule has 78 valence electrons. The molecule has 0 saturated heterocycles. The number of nitrogens with one attached hydrogen (secondary N) is 1. The average molecular weight is 283 g/mol. The van der Waals surface area contributed by atoms with Gasteiger partial charge in [-0.05, 0) is 24.4 Å². The van der Waals surface area contributed by atoms with Crippen LogP contribution in [0, 0.1) is 5.82 Å². The van der Waals surface area contributed by atoms with Crippen LogP contribution in [0.4, 0.5) is 10.2 Å². The van der Waals surface area contributed by atoms with Crippen LogP contribution in [-0.2, 0) is 0 Å². The highest BCUT2D eigenvalue weighted by Crippen LogP contribution is 2.11. The van der Waals surface area contributed by atoms with Crippen LogP contribution in [0.3, 0.4) is 0 Å². The molecule has 6 heteroatoms. The molecule has 0 saturated carbocycles. The number of nitrogens with zero attached hydrogens (tertiary/aromatic N) is 2. The Morgan fingerprint density at radius 1 is 1.50 bits per heavy atom. The monoisotopic (exact) mass is 281 g/mol. The van der Waals surface area contributed by atoms with Crippen molar-refractivity contribution in [3.63, 3.8) is 0 Å². The highest BCUT2D eigenvalue weighted by molar-refractivity contribution is 9.09. The average Bonchev–Trinajstić information content (AvgIpc) is 2.18. The molecule has 1 rings (SSSR count). The number of rotatable bonds is 5. The zero-order chi connectivity index (χ0) is 10.4. The molecule has 0 spiro atoms. The van der Waals surface area contributed by atoms with Crippen molar-refractivity contribution >= 4 is 33.3 Å². The van der Waals surface area contributed by atoms with Crippen LogP contribution in [-0.4, -0.2) is 21.8 Å². The summed E-state index contributed by atoms with van der Waals surface area (Å²) < 4.78 is 13.0. The Bertz CT molecular complexity index is 298. The zero-order valence-electron chi connectivity index (χ0n) is 7.43. The number of unbranched alkanes of at least 4 members (excludes halogenated alkanes) is 1. The molecule has 0 fully saturated rings. The van der Waals surface area contributed by atoms with Gasteiger partial charge in [-0.15, -0.1) is 0 Å². The van der Waals surface area contributed by atoms with Crippen molar-refractivity contribution < 1.29 is 4.39 Å². The van der Waals surface area contributed by atoms with E-state index >= 15 is 0 Å². The molecule has 14 heavy (non-hydrogen) atoms. The quantitative estimate of drug-likeness (QED) is 0.513. The zero-order valence-corrected chi connectivity index (χ0v) is 9.78. The van der Waals surface area contributed by atoms with Crippen LogP contribution in [0.25, 0.3) is 0 Å². The summed E-state index contributed by atoms with van der Waals surface area (Å²) in [5.74, 6) is -0.312. The Kier molecular flexibility index (Phi) is 5.11. The van der Waals surface area contributed by atoms with Gasteiger partial charge in [-0.2, -0.15) is 4.98 Å². The highest BCUT2D eigenvalue weighted by Gasteiger charge is 2.04. The first-order valence-electron chi connectivity index (χ1n) is 4.22. The number of hydrogen-bond acceptors (Lipinski definition) is 3. The van der Waals surface area contributed by atoms with Gasteiger partial charge < -0.3 is 5.32 Å². The largest absolute Gasteiger partial charge is 0.367 e. The van der Waals surface area contributed by atoms with Gasteiger partial charge in [0.2, 0.25) is 5.28 Å². The van der Waals surface area contributed by atoms with Gasteiger partial charge in [0.05, 0.1) is 6.20 Å². The Hall–Kier alpha value is -0.420. The van der Waals surface area contributed by atoms with E-state index in [0.29, 0.717) is 6.54 Å². The van der Waals surface area contributed by atoms with Crippen LogP contribution in [0.5, 0.6) is 0 Å². The lowest BCUT2D eigenvalue weighted by Crippen LogP contribution is -2.06. The molecule has 0 atom stereocenters. The molecule has 0 aliphatic heterocycles. The summed E-state index contributed by atoms with van der Waals surface area (Å²) in [6.45, 7) is 0.676. The molecule has 0 bridgehead atoms.